The van der Waals surface area contributed by atoms with Crippen molar-refractivity contribution in [3.63, 3.8) is 0 Å². The fourth-order valence-corrected chi connectivity index (χ4v) is 3.37. The van der Waals surface area contributed by atoms with E-state index < -0.39 is 0 Å². The number of halogens is 2. The minimum absolute atomic E-state index is 0.0558. The Labute approximate surface area is 157 Å². The first kappa shape index (κ1) is 17.8. The van der Waals surface area contributed by atoms with Gasteiger partial charge in [0.2, 0.25) is 0 Å². The van der Waals surface area contributed by atoms with Gasteiger partial charge in [0.05, 0.1) is 22.2 Å². The second-order valence-electron chi connectivity index (χ2n) is 6.00. The predicted octanol–water partition coefficient (Wildman–Crippen LogP) is 3.82. The molecule has 1 amide bonds. The molecule has 0 atom stereocenters. The molecule has 0 unspecified atom stereocenters. The lowest BCUT2D eigenvalue weighted by atomic mass is 10.1. The van der Waals surface area contributed by atoms with Crippen LogP contribution in [0.1, 0.15) is 21.5 Å². The number of piperazine rings is 1. The summed E-state index contributed by atoms with van der Waals surface area (Å²) in [6.07, 6.45) is 0. The molecule has 0 aliphatic carbocycles. The maximum atomic E-state index is 12.6. The second-order valence-corrected chi connectivity index (χ2v) is 6.84. The average molecular weight is 374 g/mol. The van der Waals surface area contributed by atoms with Crippen LogP contribution in [0.25, 0.3) is 0 Å². The minimum atomic E-state index is -0.0558. The van der Waals surface area contributed by atoms with Crippen LogP contribution in [-0.4, -0.2) is 41.9 Å². The molecule has 25 heavy (non-hydrogen) atoms. The molecule has 0 aromatic heterocycles. The molecule has 3 rings (SSSR count). The molecule has 6 heteroatoms. The molecule has 0 radical (unpaired) electrons. The van der Waals surface area contributed by atoms with Crippen molar-refractivity contribution < 1.29 is 4.79 Å². The standard InChI is InChI=1S/C19H17Cl2N3O/c20-16-5-6-17(18(21)11-16)19(25)24-9-7-23(8-10-24)13-15-3-1-14(12-22)2-4-15/h1-6,11H,7-10,13H2. The largest absolute Gasteiger partial charge is 0.336 e. The van der Waals surface area contributed by atoms with E-state index in [-0.39, 0.29) is 5.91 Å². The summed E-state index contributed by atoms with van der Waals surface area (Å²) in [4.78, 5) is 16.7. The Balaban J connectivity index is 1.57. The lowest BCUT2D eigenvalue weighted by Crippen LogP contribution is -2.48. The number of carbonyl (C=O) groups excluding carboxylic acids is 1. The van der Waals surface area contributed by atoms with Crippen LogP contribution in [0.4, 0.5) is 0 Å². The average Bonchev–Trinajstić information content (AvgIpc) is 2.62. The van der Waals surface area contributed by atoms with Gasteiger partial charge in [-0.1, -0.05) is 35.3 Å². The Morgan fingerprint density at radius 1 is 1.04 bits per heavy atom. The summed E-state index contributed by atoms with van der Waals surface area (Å²) in [6, 6.07) is 14.7. The third-order valence-corrected chi connectivity index (χ3v) is 4.86. The fraction of sp³-hybridized carbons (Fsp3) is 0.263. The maximum Gasteiger partial charge on any atom is 0.255 e. The van der Waals surface area contributed by atoms with E-state index in [0.29, 0.717) is 34.3 Å². The van der Waals surface area contributed by atoms with Crippen LogP contribution in [-0.2, 0) is 6.54 Å². The van der Waals surface area contributed by atoms with Crippen molar-refractivity contribution in [2.45, 2.75) is 6.54 Å². The highest BCUT2D eigenvalue weighted by atomic mass is 35.5. The maximum absolute atomic E-state index is 12.6. The number of nitriles is 1. The number of nitrogens with zero attached hydrogens (tertiary/aromatic N) is 3. The highest BCUT2D eigenvalue weighted by molar-refractivity contribution is 6.36. The molecule has 4 nitrogen and oxygen atoms in total. The van der Waals surface area contributed by atoms with Gasteiger partial charge in [0, 0.05) is 37.7 Å². The summed E-state index contributed by atoms with van der Waals surface area (Å²) in [5, 5.41) is 9.75. The summed E-state index contributed by atoms with van der Waals surface area (Å²) < 4.78 is 0. The van der Waals surface area contributed by atoms with Gasteiger partial charge in [-0.3, -0.25) is 9.69 Å². The van der Waals surface area contributed by atoms with E-state index in [0.717, 1.165) is 19.6 Å². The lowest BCUT2D eigenvalue weighted by Gasteiger charge is -2.35. The highest BCUT2D eigenvalue weighted by Crippen LogP contribution is 2.23. The Morgan fingerprint density at radius 2 is 1.72 bits per heavy atom. The molecule has 1 aliphatic heterocycles. The van der Waals surface area contributed by atoms with E-state index in [1.165, 1.54) is 5.56 Å². The molecule has 1 saturated heterocycles. The van der Waals surface area contributed by atoms with Gasteiger partial charge in [-0.05, 0) is 35.9 Å². The molecule has 0 spiro atoms. The van der Waals surface area contributed by atoms with Crippen LogP contribution in [0.5, 0.6) is 0 Å². The van der Waals surface area contributed by atoms with Crippen LogP contribution in [0.3, 0.4) is 0 Å². The topological polar surface area (TPSA) is 47.3 Å². The Bertz CT molecular complexity index is 806. The molecule has 0 bridgehead atoms. The number of hydrogen-bond acceptors (Lipinski definition) is 3. The number of carbonyl (C=O) groups is 1. The number of amides is 1. The van der Waals surface area contributed by atoms with Gasteiger partial charge in [-0.25, -0.2) is 0 Å². The summed E-state index contributed by atoms with van der Waals surface area (Å²) in [7, 11) is 0. The van der Waals surface area contributed by atoms with Gasteiger partial charge in [0.1, 0.15) is 0 Å². The predicted molar refractivity (Wildman–Crippen MR) is 98.8 cm³/mol. The molecule has 1 heterocycles. The second kappa shape index (κ2) is 7.88. The zero-order valence-corrected chi connectivity index (χ0v) is 15.1. The molecule has 0 N–H and O–H groups in total. The Morgan fingerprint density at radius 3 is 2.32 bits per heavy atom. The van der Waals surface area contributed by atoms with Gasteiger partial charge in [0.25, 0.3) is 5.91 Å². The molecule has 2 aromatic rings. The van der Waals surface area contributed by atoms with Gasteiger partial charge < -0.3 is 4.90 Å². The van der Waals surface area contributed by atoms with Crippen LogP contribution in [0.2, 0.25) is 10.0 Å². The van der Waals surface area contributed by atoms with Gasteiger partial charge in [-0.15, -0.1) is 0 Å². The molecule has 2 aromatic carbocycles. The van der Waals surface area contributed by atoms with Gasteiger partial charge >= 0.3 is 0 Å². The molecular weight excluding hydrogens is 357 g/mol. The molecule has 128 valence electrons. The van der Waals surface area contributed by atoms with E-state index in [1.54, 1.807) is 18.2 Å². The van der Waals surface area contributed by atoms with Crippen molar-refractivity contribution in [1.29, 1.82) is 5.26 Å². The van der Waals surface area contributed by atoms with E-state index in [9.17, 15) is 4.79 Å². The third kappa shape index (κ3) is 4.32. The number of benzene rings is 2. The van der Waals surface area contributed by atoms with E-state index in [2.05, 4.69) is 11.0 Å². The zero-order chi connectivity index (χ0) is 17.8. The highest BCUT2D eigenvalue weighted by Gasteiger charge is 2.23. The number of hydrogen-bond donors (Lipinski definition) is 0. The first-order valence-corrected chi connectivity index (χ1v) is 8.78. The summed E-state index contributed by atoms with van der Waals surface area (Å²) in [5.74, 6) is -0.0558. The van der Waals surface area contributed by atoms with Crippen molar-refractivity contribution in [3.8, 4) is 6.07 Å². The minimum Gasteiger partial charge on any atom is -0.336 e. The monoisotopic (exact) mass is 373 g/mol. The van der Waals surface area contributed by atoms with E-state index >= 15 is 0 Å². The molecular formula is C19H17Cl2N3O. The molecule has 1 fully saturated rings. The SMILES string of the molecule is N#Cc1ccc(CN2CCN(C(=O)c3ccc(Cl)cc3Cl)CC2)cc1. The summed E-state index contributed by atoms with van der Waals surface area (Å²) in [5.41, 5.74) is 2.32. The normalized spacial score (nSPS) is 15.0. The van der Waals surface area contributed by atoms with Crippen molar-refractivity contribution in [3.05, 3.63) is 69.2 Å². The van der Waals surface area contributed by atoms with Gasteiger partial charge in [-0.2, -0.15) is 5.26 Å². The fourth-order valence-electron chi connectivity index (χ4n) is 2.89. The number of rotatable bonds is 3. The summed E-state index contributed by atoms with van der Waals surface area (Å²) >= 11 is 12.0. The van der Waals surface area contributed by atoms with Crippen molar-refractivity contribution in [2.24, 2.45) is 0 Å². The van der Waals surface area contributed by atoms with Crippen LogP contribution in [0, 0.1) is 11.3 Å². The van der Waals surface area contributed by atoms with Gasteiger partial charge in [0.15, 0.2) is 0 Å². The Hall–Kier alpha value is -2.06. The van der Waals surface area contributed by atoms with Crippen molar-refractivity contribution in [1.82, 2.24) is 9.80 Å². The molecule has 1 aliphatic rings. The smallest absolute Gasteiger partial charge is 0.255 e. The van der Waals surface area contributed by atoms with Crippen molar-refractivity contribution >= 4 is 29.1 Å². The first-order chi connectivity index (χ1) is 12.1. The van der Waals surface area contributed by atoms with Crippen LogP contribution >= 0.6 is 23.2 Å². The van der Waals surface area contributed by atoms with Crippen LogP contribution in [0.15, 0.2) is 42.5 Å². The van der Waals surface area contributed by atoms with E-state index in [4.69, 9.17) is 28.5 Å². The zero-order valence-electron chi connectivity index (χ0n) is 13.6. The summed E-state index contributed by atoms with van der Waals surface area (Å²) in [6.45, 7) is 3.74. The van der Waals surface area contributed by atoms with Crippen LogP contribution < -0.4 is 0 Å². The van der Waals surface area contributed by atoms with Crippen molar-refractivity contribution in [2.75, 3.05) is 26.2 Å². The molecule has 0 saturated carbocycles. The lowest BCUT2D eigenvalue weighted by molar-refractivity contribution is 0.0628. The van der Waals surface area contributed by atoms with E-state index in [1.807, 2.05) is 29.2 Å². The Kier molecular flexibility index (Phi) is 5.60. The first-order valence-electron chi connectivity index (χ1n) is 8.02. The third-order valence-electron chi connectivity index (χ3n) is 4.31. The quantitative estimate of drug-likeness (QED) is 0.821.